The molecule has 3 rings (SSSR count). The number of methoxy groups -OCH3 is 1. The predicted octanol–water partition coefficient (Wildman–Crippen LogP) is 4.25. The predicted molar refractivity (Wildman–Crippen MR) is 96.2 cm³/mol. The Morgan fingerprint density at radius 1 is 1.07 bits per heavy atom. The van der Waals surface area contributed by atoms with Crippen molar-refractivity contribution in [3.63, 3.8) is 0 Å². The van der Waals surface area contributed by atoms with Gasteiger partial charge in [0.15, 0.2) is 17.2 Å². The lowest BCUT2D eigenvalue weighted by Gasteiger charge is -2.10. The summed E-state index contributed by atoms with van der Waals surface area (Å²) in [6, 6.07) is 8.85. The van der Waals surface area contributed by atoms with Crippen molar-refractivity contribution < 1.29 is 32.5 Å². The summed E-state index contributed by atoms with van der Waals surface area (Å²) >= 11 is 0. The number of benzene rings is 1. The first-order valence-corrected chi connectivity index (χ1v) is 8.12. The van der Waals surface area contributed by atoms with Gasteiger partial charge in [0.05, 0.1) is 12.7 Å². The summed E-state index contributed by atoms with van der Waals surface area (Å²) in [5.41, 5.74) is -0.752. The van der Waals surface area contributed by atoms with Gasteiger partial charge < -0.3 is 19.9 Å². The average Bonchev–Trinajstić information content (AvgIpc) is 2.69. The van der Waals surface area contributed by atoms with Gasteiger partial charge in [-0.05, 0) is 30.3 Å². The van der Waals surface area contributed by atoms with Crippen LogP contribution >= 0.6 is 0 Å². The van der Waals surface area contributed by atoms with Gasteiger partial charge in [-0.1, -0.05) is 0 Å². The molecule has 1 amide bonds. The van der Waals surface area contributed by atoms with E-state index in [1.807, 2.05) is 0 Å². The van der Waals surface area contributed by atoms with Crippen LogP contribution in [-0.4, -0.2) is 28.1 Å². The van der Waals surface area contributed by atoms with Crippen molar-refractivity contribution in [2.75, 3.05) is 12.4 Å². The van der Waals surface area contributed by atoms with Gasteiger partial charge in [-0.3, -0.25) is 4.79 Å². The molecule has 2 N–H and O–H groups in total. The molecule has 0 unspecified atom stereocenters. The zero-order valence-electron chi connectivity index (χ0n) is 14.9. The largest absolute Gasteiger partial charge is 0.503 e. The van der Waals surface area contributed by atoms with Gasteiger partial charge in [0.2, 0.25) is 5.88 Å². The molecule has 1 aromatic carbocycles. The number of aromatic hydroxyl groups is 1. The molecule has 0 bridgehead atoms. The summed E-state index contributed by atoms with van der Waals surface area (Å²) in [4.78, 5) is 19.8. The molecule has 0 radical (unpaired) electrons. The van der Waals surface area contributed by atoms with Crippen molar-refractivity contribution in [2.45, 2.75) is 6.18 Å². The molecule has 0 saturated carbocycles. The molecule has 0 spiro atoms. The number of carbonyl (C=O) groups excluding carboxylic acids is 1. The van der Waals surface area contributed by atoms with Crippen LogP contribution in [-0.2, 0) is 6.18 Å². The number of anilines is 1. The number of hydrogen-bond acceptors (Lipinski definition) is 6. The first-order valence-electron chi connectivity index (χ1n) is 8.12. The molecule has 29 heavy (non-hydrogen) atoms. The highest BCUT2D eigenvalue weighted by atomic mass is 19.4. The summed E-state index contributed by atoms with van der Waals surface area (Å²) in [5.74, 6) is -0.973. The van der Waals surface area contributed by atoms with E-state index in [-0.39, 0.29) is 23.1 Å². The number of aromatic nitrogens is 2. The van der Waals surface area contributed by atoms with E-state index >= 15 is 0 Å². The minimum absolute atomic E-state index is 0.0995. The number of carbonyl (C=O) groups is 1. The highest BCUT2D eigenvalue weighted by Gasteiger charge is 2.31. The molecule has 2 heterocycles. The van der Waals surface area contributed by atoms with Gasteiger partial charge in [0, 0.05) is 30.2 Å². The van der Waals surface area contributed by atoms with Crippen LogP contribution in [0.2, 0.25) is 0 Å². The minimum atomic E-state index is -4.51. The molecule has 0 saturated heterocycles. The molecule has 3 aromatic rings. The molecule has 0 aliphatic carbocycles. The van der Waals surface area contributed by atoms with E-state index < -0.39 is 23.4 Å². The van der Waals surface area contributed by atoms with Crippen LogP contribution in [0.4, 0.5) is 18.9 Å². The third-order valence-corrected chi connectivity index (χ3v) is 3.72. The lowest BCUT2D eigenvalue weighted by atomic mass is 10.2. The monoisotopic (exact) mass is 405 g/mol. The fourth-order valence-corrected chi connectivity index (χ4v) is 2.33. The van der Waals surface area contributed by atoms with Gasteiger partial charge >= 0.3 is 6.18 Å². The number of amides is 1. The van der Waals surface area contributed by atoms with Crippen molar-refractivity contribution in [3.05, 3.63) is 66.1 Å². The Morgan fingerprint density at radius 2 is 1.76 bits per heavy atom. The smallest absolute Gasteiger partial charge is 0.416 e. The van der Waals surface area contributed by atoms with Gasteiger partial charge in [0.25, 0.3) is 5.91 Å². The van der Waals surface area contributed by atoms with E-state index in [1.165, 1.54) is 43.6 Å². The standard InChI is InChI=1S/C19H14F3N3O4/c1-28-14-7-9-24-16(17(14)26)18(27)25-12-2-4-13(5-3-12)29-15-10-11(6-8-23-15)19(20,21)22/h2-10,26H,1H3,(H,25,27). The van der Waals surface area contributed by atoms with Crippen molar-refractivity contribution in [1.29, 1.82) is 0 Å². The molecular weight excluding hydrogens is 391 g/mol. The fourth-order valence-electron chi connectivity index (χ4n) is 2.33. The topological polar surface area (TPSA) is 93.6 Å². The van der Waals surface area contributed by atoms with Crippen LogP contribution in [0.3, 0.4) is 0 Å². The maximum absolute atomic E-state index is 12.7. The maximum atomic E-state index is 12.7. The van der Waals surface area contributed by atoms with Crippen molar-refractivity contribution >= 4 is 11.6 Å². The molecule has 0 atom stereocenters. The Bertz CT molecular complexity index is 1020. The van der Waals surface area contributed by atoms with Crippen LogP contribution in [0.15, 0.2) is 54.9 Å². The summed E-state index contributed by atoms with van der Waals surface area (Å²) in [6.45, 7) is 0. The second-order valence-corrected chi connectivity index (χ2v) is 5.67. The Kier molecular flexibility index (Phi) is 5.53. The molecule has 0 fully saturated rings. The van der Waals surface area contributed by atoms with Crippen molar-refractivity contribution in [1.82, 2.24) is 9.97 Å². The Labute approximate surface area is 162 Å². The number of nitrogens with zero attached hydrogens (tertiary/aromatic N) is 2. The number of nitrogens with one attached hydrogen (secondary N) is 1. The number of halogens is 3. The molecule has 7 nitrogen and oxygen atoms in total. The Hall–Kier alpha value is -3.82. The second-order valence-electron chi connectivity index (χ2n) is 5.67. The van der Waals surface area contributed by atoms with Gasteiger partial charge in [-0.15, -0.1) is 0 Å². The lowest BCUT2D eigenvalue weighted by molar-refractivity contribution is -0.137. The number of ether oxygens (including phenoxy) is 2. The molecule has 150 valence electrons. The highest BCUT2D eigenvalue weighted by molar-refractivity contribution is 6.05. The van der Waals surface area contributed by atoms with Crippen LogP contribution in [0.1, 0.15) is 16.1 Å². The average molecular weight is 405 g/mol. The third-order valence-electron chi connectivity index (χ3n) is 3.72. The third kappa shape index (κ3) is 4.72. The van der Waals surface area contributed by atoms with Gasteiger partial charge in [-0.2, -0.15) is 13.2 Å². The van der Waals surface area contributed by atoms with E-state index in [4.69, 9.17) is 9.47 Å². The van der Waals surface area contributed by atoms with Crippen LogP contribution in [0.25, 0.3) is 0 Å². The Morgan fingerprint density at radius 3 is 2.41 bits per heavy atom. The quantitative estimate of drug-likeness (QED) is 0.659. The van der Waals surface area contributed by atoms with Crippen LogP contribution < -0.4 is 14.8 Å². The first kappa shape index (κ1) is 19.9. The maximum Gasteiger partial charge on any atom is 0.416 e. The van der Waals surface area contributed by atoms with Gasteiger partial charge in [0.1, 0.15) is 5.75 Å². The van der Waals surface area contributed by atoms with Crippen LogP contribution in [0, 0.1) is 0 Å². The van der Waals surface area contributed by atoms with E-state index in [1.54, 1.807) is 0 Å². The summed E-state index contributed by atoms with van der Waals surface area (Å²) in [7, 11) is 1.34. The molecule has 0 aliphatic heterocycles. The molecule has 2 aromatic heterocycles. The van der Waals surface area contributed by atoms with Crippen molar-refractivity contribution in [3.8, 4) is 23.1 Å². The van der Waals surface area contributed by atoms with Crippen LogP contribution in [0.5, 0.6) is 23.1 Å². The zero-order valence-corrected chi connectivity index (χ0v) is 14.9. The first-order chi connectivity index (χ1) is 13.8. The normalized spacial score (nSPS) is 11.0. The van der Waals surface area contributed by atoms with Crippen molar-refractivity contribution in [2.24, 2.45) is 0 Å². The van der Waals surface area contributed by atoms with E-state index in [9.17, 15) is 23.1 Å². The summed E-state index contributed by atoms with van der Waals surface area (Å²) < 4.78 is 48.5. The van der Waals surface area contributed by atoms with E-state index in [0.717, 1.165) is 18.3 Å². The highest BCUT2D eigenvalue weighted by Crippen LogP contribution is 2.32. The molecule has 0 aliphatic rings. The fraction of sp³-hybridized carbons (Fsp3) is 0.105. The molecule has 10 heteroatoms. The number of rotatable bonds is 5. The second kappa shape index (κ2) is 8.05. The summed E-state index contributed by atoms with van der Waals surface area (Å²) in [5, 5.41) is 12.5. The minimum Gasteiger partial charge on any atom is -0.503 e. The number of hydrogen-bond donors (Lipinski definition) is 2. The Balaban J connectivity index is 1.70. The summed E-state index contributed by atoms with van der Waals surface area (Å²) in [6.07, 6.45) is -2.19. The SMILES string of the molecule is COc1ccnc(C(=O)Nc2ccc(Oc3cc(C(F)(F)F)ccn3)cc2)c1O. The number of pyridine rings is 2. The van der Waals surface area contributed by atoms with E-state index in [0.29, 0.717) is 5.69 Å². The van der Waals surface area contributed by atoms with E-state index in [2.05, 4.69) is 15.3 Å². The zero-order chi connectivity index (χ0) is 21.0. The number of alkyl halides is 3. The van der Waals surface area contributed by atoms with Gasteiger partial charge in [-0.25, -0.2) is 9.97 Å². The lowest BCUT2D eigenvalue weighted by Crippen LogP contribution is -2.14. The molecular formula is C19H14F3N3O4.